The van der Waals surface area contributed by atoms with Crippen molar-refractivity contribution in [2.75, 3.05) is 18.4 Å². The smallest absolute Gasteiger partial charge is 0.252 e. The highest BCUT2D eigenvalue weighted by Crippen LogP contribution is 2.36. The number of carbonyl (C=O) groups excluding carboxylic acids is 1. The molecule has 0 unspecified atom stereocenters. The van der Waals surface area contributed by atoms with Crippen LogP contribution in [0.2, 0.25) is 0 Å². The van der Waals surface area contributed by atoms with Crippen LogP contribution in [0.25, 0.3) is 10.8 Å². The maximum absolute atomic E-state index is 13.4. The van der Waals surface area contributed by atoms with Crippen LogP contribution in [0.4, 0.5) is 5.69 Å². The highest BCUT2D eigenvalue weighted by atomic mass is 35.5. The van der Waals surface area contributed by atoms with Gasteiger partial charge in [0.1, 0.15) is 5.54 Å². The molecule has 140 valence electrons. The zero-order valence-electron chi connectivity index (χ0n) is 15.1. The second-order valence-electron chi connectivity index (χ2n) is 7.30. The minimum atomic E-state index is -0.627. The Morgan fingerprint density at radius 3 is 2.59 bits per heavy atom. The van der Waals surface area contributed by atoms with Gasteiger partial charge in [0.05, 0.1) is 0 Å². The third-order valence-corrected chi connectivity index (χ3v) is 5.92. The van der Waals surface area contributed by atoms with E-state index in [0.717, 1.165) is 49.8 Å². The average molecular weight is 383 g/mol. The number of benzene rings is 2. The van der Waals surface area contributed by atoms with E-state index >= 15 is 0 Å². The Labute approximate surface area is 164 Å². The molecular weight excluding hydrogens is 360 g/mol. The van der Waals surface area contributed by atoms with Crippen LogP contribution in [0.1, 0.15) is 24.0 Å². The highest BCUT2D eigenvalue weighted by Gasteiger charge is 2.42. The molecule has 2 aliphatic rings. The lowest BCUT2D eigenvalue weighted by Crippen LogP contribution is -2.52. The molecule has 0 bridgehead atoms. The number of nitrogens with one attached hydrogen (secondary N) is 2. The maximum atomic E-state index is 13.4. The van der Waals surface area contributed by atoms with E-state index in [1.807, 2.05) is 16.9 Å². The van der Waals surface area contributed by atoms with Gasteiger partial charge in [-0.2, -0.15) is 5.10 Å². The summed E-state index contributed by atoms with van der Waals surface area (Å²) in [5.74, 6) is 0.0291. The second kappa shape index (κ2) is 6.98. The lowest BCUT2D eigenvalue weighted by atomic mass is 9.87. The summed E-state index contributed by atoms with van der Waals surface area (Å²) in [6.45, 7) is 1.63. The number of halogens is 1. The number of carbonyl (C=O) groups is 1. The van der Waals surface area contributed by atoms with E-state index in [-0.39, 0.29) is 18.3 Å². The highest BCUT2D eigenvalue weighted by molar-refractivity contribution is 6.07. The number of rotatable bonds is 3. The number of nitrogens with zero attached hydrogens (tertiary/aromatic N) is 2. The standard InChI is InChI=1S/C21H22N4O.ClH/c26-20(21(9-12-22-13-10-21)25-14-2-11-23-25)24-18-8-7-16-6-5-15-3-1-4-17(18)19(15)16;/h1-4,7-8,11,14,22H,5-6,9-10,12-13H2,(H,24,26);1H. The van der Waals surface area contributed by atoms with Gasteiger partial charge in [-0.25, -0.2) is 0 Å². The lowest BCUT2D eigenvalue weighted by Gasteiger charge is -2.36. The molecule has 5 nitrogen and oxygen atoms in total. The van der Waals surface area contributed by atoms with Crippen LogP contribution in [0, 0.1) is 0 Å². The Hall–Kier alpha value is -2.37. The number of hydrogen-bond donors (Lipinski definition) is 2. The van der Waals surface area contributed by atoms with Gasteiger partial charge in [0.25, 0.3) is 5.91 Å². The molecule has 6 heteroatoms. The van der Waals surface area contributed by atoms with Crippen LogP contribution in [0.5, 0.6) is 0 Å². The molecule has 1 saturated heterocycles. The molecule has 27 heavy (non-hydrogen) atoms. The number of aryl methyl sites for hydroxylation is 2. The van der Waals surface area contributed by atoms with Crippen LogP contribution in [-0.4, -0.2) is 28.8 Å². The molecule has 0 spiro atoms. The first kappa shape index (κ1) is 18.0. The summed E-state index contributed by atoms with van der Waals surface area (Å²) >= 11 is 0. The quantitative estimate of drug-likeness (QED) is 0.730. The fourth-order valence-corrected chi connectivity index (χ4v) is 4.52. The molecule has 1 aliphatic carbocycles. The number of hydrogen-bond acceptors (Lipinski definition) is 3. The van der Waals surface area contributed by atoms with Crippen molar-refractivity contribution in [1.82, 2.24) is 15.1 Å². The molecule has 2 N–H and O–H groups in total. The van der Waals surface area contributed by atoms with E-state index < -0.39 is 5.54 Å². The molecule has 1 aromatic heterocycles. The van der Waals surface area contributed by atoms with Gasteiger partial charge >= 0.3 is 0 Å². The van der Waals surface area contributed by atoms with Gasteiger partial charge in [-0.3, -0.25) is 9.48 Å². The van der Waals surface area contributed by atoms with E-state index in [2.05, 4.69) is 46.1 Å². The van der Waals surface area contributed by atoms with E-state index in [9.17, 15) is 4.79 Å². The van der Waals surface area contributed by atoms with Gasteiger partial charge in [-0.1, -0.05) is 24.3 Å². The molecule has 3 aromatic rings. The number of piperidine rings is 1. The third-order valence-electron chi connectivity index (χ3n) is 5.92. The molecule has 1 amide bonds. The molecule has 1 fully saturated rings. The molecule has 0 radical (unpaired) electrons. The van der Waals surface area contributed by atoms with Gasteiger partial charge < -0.3 is 10.6 Å². The first-order chi connectivity index (χ1) is 12.8. The molecule has 5 rings (SSSR count). The van der Waals surface area contributed by atoms with Crippen molar-refractivity contribution >= 4 is 34.8 Å². The van der Waals surface area contributed by atoms with E-state index in [1.165, 1.54) is 16.5 Å². The summed E-state index contributed by atoms with van der Waals surface area (Å²) < 4.78 is 1.84. The molecule has 0 atom stereocenters. The summed E-state index contributed by atoms with van der Waals surface area (Å²) in [7, 11) is 0. The third kappa shape index (κ3) is 2.82. The van der Waals surface area contributed by atoms with Crippen molar-refractivity contribution < 1.29 is 4.79 Å². The van der Waals surface area contributed by atoms with Gasteiger partial charge in [0.15, 0.2) is 0 Å². The fourth-order valence-electron chi connectivity index (χ4n) is 4.52. The van der Waals surface area contributed by atoms with Crippen LogP contribution >= 0.6 is 12.4 Å². The minimum absolute atomic E-state index is 0. The predicted molar refractivity (Wildman–Crippen MR) is 110 cm³/mol. The van der Waals surface area contributed by atoms with Crippen LogP contribution in [0.15, 0.2) is 48.8 Å². The van der Waals surface area contributed by atoms with Crippen molar-refractivity contribution in [3.05, 3.63) is 59.9 Å². The fraction of sp³-hybridized carbons (Fsp3) is 0.333. The molecule has 1 aliphatic heterocycles. The number of anilines is 1. The Morgan fingerprint density at radius 2 is 1.85 bits per heavy atom. The summed E-state index contributed by atoms with van der Waals surface area (Å²) in [5, 5.41) is 13.5. The van der Waals surface area contributed by atoms with Crippen LogP contribution < -0.4 is 10.6 Å². The average Bonchev–Trinajstić information content (AvgIpc) is 3.36. The van der Waals surface area contributed by atoms with Crippen LogP contribution in [0.3, 0.4) is 0 Å². The first-order valence-corrected chi connectivity index (χ1v) is 9.34. The maximum Gasteiger partial charge on any atom is 0.252 e. The summed E-state index contributed by atoms with van der Waals surface area (Å²) in [6.07, 6.45) is 7.30. The zero-order valence-corrected chi connectivity index (χ0v) is 15.9. The molecule has 2 aromatic carbocycles. The Morgan fingerprint density at radius 1 is 1.07 bits per heavy atom. The monoisotopic (exact) mass is 382 g/mol. The topological polar surface area (TPSA) is 59.0 Å². The Kier molecular flexibility index (Phi) is 4.66. The second-order valence-corrected chi connectivity index (χ2v) is 7.30. The predicted octanol–water partition coefficient (Wildman–Crippen LogP) is 3.27. The van der Waals surface area contributed by atoms with E-state index in [1.54, 1.807) is 6.20 Å². The van der Waals surface area contributed by atoms with Crippen molar-refractivity contribution in [3.8, 4) is 0 Å². The van der Waals surface area contributed by atoms with Gasteiger partial charge in [-0.05, 0) is 67.4 Å². The number of aromatic nitrogens is 2. The molecule has 0 saturated carbocycles. The molecular formula is C21H23ClN4O. The normalized spacial score (nSPS) is 17.5. The van der Waals surface area contributed by atoms with Crippen LogP contribution in [-0.2, 0) is 23.2 Å². The van der Waals surface area contributed by atoms with Crippen molar-refractivity contribution in [3.63, 3.8) is 0 Å². The van der Waals surface area contributed by atoms with Crippen molar-refractivity contribution in [2.45, 2.75) is 31.2 Å². The summed E-state index contributed by atoms with van der Waals surface area (Å²) in [5.41, 5.74) is 3.05. The summed E-state index contributed by atoms with van der Waals surface area (Å²) in [4.78, 5) is 13.4. The summed E-state index contributed by atoms with van der Waals surface area (Å²) in [6, 6.07) is 12.5. The Bertz CT molecular complexity index is 967. The van der Waals surface area contributed by atoms with Crippen molar-refractivity contribution in [2.24, 2.45) is 0 Å². The van der Waals surface area contributed by atoms with E-state index in [0.29, 0.717) is 0 Å². The van der Waals surface area contributed by atoms with Crippen molar-refractivity contribution in [1.29, 1.82) is 0 Å². The SMILES string of the molecule is Cl.O=C(Nc1ccc2c3c(cccc13)CC2)C1(n2cccn2)CCNCC1. The lowest BCUT2D eigenvalue weighted by molar-refractivity contribution is -0.126. The minimum Gasteiger partial charge on any atom is -0.323 e. The zero-order chi connectivity index (χ0) is 17.6. The van der Waals surface area contributed by atoms with Gasteiger partial charge in [-0.15, -0.1) is 12.4 Å². The van der Waals surface area contributed by atoms with E-state index in [4.69, 9.17) is 0 Å². The Balaban J connectivity index is 0.00000180. The molecule has 2 heterocycles. The largest absolute Gasteiger partial charge is 0.323 e. The van der Waals surface area contributed by atoms with Gasteiger partial charge in [0, 0.05) is 23.5 Å². The van der Waals surface area contributed by atoms with Gasteiger partial charge in [0.2, 0.25) is 0 Å². The number of amides is 1. The first-order valence-electron chi connectivity index (χ1n) is 9.34.